The molecule has 1 aromatic heterocycles. The van der Waals surface area contributed by atoms with Crippen LogP contribution in [0.5, 0.6) is 0 Å². The summed E-state index contributed by atoms with van der Waals surface area (Å²) in [6.07, 6.45) is 6.14. The second-order valence-corrected chi connectivity index (χ2v) is 6.02. The number of aromatic nitrogens is 2. The highest BCUT2D eigenvalue weighted by atomic mass is 35.5. The molecule has 0 bridgehead atoms. The van der Waals surface area contributed by atoms with E-state index in [0.717, 1.165) is 17.2 Å². The Hall–Kier alpha value is -0.830. The summed E-state index contributed by atoms with van der Waals surface area (Å²) >= 11 is 6.19. The van der Waals surface area contributed by atoms with Crippen LogP contribution in [0.3, 0.4) is 0 Å². The third kappa shape index (κ3) is 2.13. The van der Waals surface area contributed by atoms with E-state index in [4.69, 9.17) is 11.6 Å². The Morgan fingerprint density at radius 3 is 2.53 bits per heavy atom. The molecule has 0 spiro atoms. The fraction of sp³-hybridized carbons (Fsp3) is 0.692. The molecule has 0 saturated heterocycles. The smallest absolute Gasteiger partial charge is 0.137 e. The summed E-state index contributed by atoms with van der Waals surface area (Å²) in [6.45, 7) is 4.24. The molecule has 4 heteroatoms. The van der Waals surface area contributed by atoms with Crippen LogP contribution < -0.4 is 5.32 Å². The highest BCUT2D eigenvalue weighted by Gasteiger charge is 2.33. The van der Waals surface area contributed by atoms with Crippen LogP contribution in [0.15, 0.2) is 0 Å². The average molecular weight is 252 g/mol. The van der Waals surface area contributed by atoms with Gasteiger partial charge in [-0.05, 0) is 46.0 Å². The molecule has 0 amide bonds. The van der Waals surface area contributed by atoms with E-state index < -0.39 is 0 Å². The maximum absolute atomic E-state index is 6.19. The third-order valence-electron chi connectivity index (χ3n) is 3.92. The molecule has 0 atom stereocenters. The molecule has 17 heavy (non-hydrogen) atoms. The van der Waals surface area contributed by atoms with Crippen molar-refractivity contribution < 1.29 is 0 Å². The number of rotatable bonds is 3. The first-order valence-corrected chi connectivity index (χ1v) is 6.77. The molecular formula is C13H18ClN3. The first-order valence-electron chi connectivity index (χ1n) is 6.40. The van der Waals surface area contributed by atoms with Crippen LogP contribution in [0, 0.1) is 6.92 Å². The maximum Gasteiger partial charge on any atom is 0.137 e. The minimum Gasteiger partial charge on any atom is -0.365 e. The Kier molecular flexibility index (Phi) is 2.54. The van der Waals surface area contributed by atoms with Gasteiger partial charge in [-0.3, -0.25) is 0 Å². The van der Waals surface area contributed by atoms with E-state index in [2.05, 4.69) is 22.2 Å². The molecule has 92 valence electrons. The predicted molar refractivity (Wildman–Crippen MR) is 69.6 cm³/mol. The van der Waals surface area contributed by atoms with Gasteiger partial charge in [0.15, 0.2) is 0 Å². The van der Waals surface area contributed by atoms with Crippen molar-refractivity contribution in [3.8, 4) is 0 Å². The Labute approximate surface area is 107 Å². The highest BCUT2D eigenvalue weighted by Crippen LogP contribution is 2.41. The maximum atomic E-state index is 6.19. The summed E-state index contributed by atoms with van der Waals surface area (Å²) in [5, 5.41) is 4.16. The molecule has 1 heterocycles. The highest BCUT2D eigenvalue weighted by molar-refractivity contribution is 6.30. The summed E-state index contributed by atoms with van der Waals surface area (Å²) in [6, 6.07) is 0. The van der Waals surface area contributed by atoms with Crippen molar-refractivity contribution in [1.29, 1.82) is 0 Å². The zero-order valence-electron chi connectivity index (χ0n) is 10.4. The zero-order valence-corrected chi connectivity index (χ0v) is 11.1. The van der Waals surface area contributed by atoms with Crippen LogP contribution in [0.25, 0.3) is 0 Å². The van der Waals surface area contributed by atoms with Crippen molar-refractivity contribution in [1.82, 2.24) is 9.97 Å². The number of nitrogens with zero attached hydrogens (tertiary/aromatic N) is 2. The topological polar surface area (TPSA) is 37.8 Å². The van der Waals surface area contributed by atoms with Crippen molar-refractivity contribution >= 4 is 17.4 Å². The molecule has 1 aromatic rings. The van der Waals surface area contributed by atoms with E-state index in [9.17, 15) is 0 Å². The van der Waals surface area contributed by atoms with Gasteiger partial charge < -0.3 is 5.32 Å². The van der Waals surface area contributed by atoms with Gasteiger partial charge in [0, 0.05) is 17.0 Å². The second-order valence-electron chi connectivity index (χ2n) is 5.66. The van der Waals surface area contributed by atoms with Crippen LogP contribution in [0.4, 0.5) is 5.82 Å². The summed E-state index contributed by atoms with van der Waals surface area (Å²) in [7, 11) is 0. The SMILES string of the molecule is Cc1c(Cl)nc(C2CC2)nc1NC1(C)CCC1. The van der Waals surface area contributed by atoms with Gasteiger partial charge >= 0.3 is 0 Å². The quantitative estimate of drug-likeness (QED) is 0.833. The first-order chi connectivity index (χ1) is 8.07. The Bertz CT molecular complexity index is 450. The molecule has 0 aliphatic heterocycles. The molecule has 2 aliphatic rings. The number of hydrogen-bond acceptors (Lipinski definition) is 3. The van der Waals surface area contributed by atoms with Gasteiger partial charge in [0.1, 0.15) is 16.8 Å². The van der Waals surface area contributed by atoms with Gasteiger partial charge in [0.05, 0.1) is 0 Å². The van der Waals surface area contributed by atoms with Crippen LogP contribution >= 0.6 is 11.6 Å². The first kappa shape index (κ1) is 11.3. The largest absolute Gasteiger partial charge is 0.365 e. The molecule has 2 saturated carbocycles. The second kappa shape index (κ2) is 3.84. The lowest BCUT2D eigenvalue weighted by Gasteiger charge is -2.40. The standard InChI is InChI=1S/C13H18ClN3/c1-8-10(14)15-12(9-4-5-9)16-11(8)17-13(2)6-3-7-13/h9H,3-7H2,1-2H3,(H,15,16,17). The van der Waals surface area contributed by atoms with E-state index in [0.29, 0.717) is 11.1 Å². The fourth-order valence-corrected chi connectivity index (χ4v) is 2.45. The van der Waals surface area contributed by atoms with Gasteiger partial charge in [-0.2, -0.15) is 0 Å². The van der Waals surface area contributed by atoms with Crippen LogP contribution in [0.2, 0.25) is 5.15 Å². The number of nitrogens with one attached hydrogen (secondary N) is 1. The van der Waals surface area contributed by atoms with E-state index in [1.807, 2.05) is 6.92 Å². The molecule has 3 nitrogen and oxygen atoms in total. The van der Waals surface area contributed by atoms with Gasteiger partial charge in [-0.25, -0.2) is 9.97 Å². The molecule has 2 aliphatic carbocycles. The lowest BCUT2D eigenvalue weighted by atomic mass is 9.78. The minimum atomic E-state index is 0.212. The van der Waals surface area contributed by atoms with E-state index in [1.165, 1.54) is 32.1 Å². The third-order valence-corrected chi connectivity index (χ3v) is 4.29. The average Bonchev–Trinajstić information content (AvgIpc) is 3.05. The number of anilines is 1. The van der Waals surface area contributed by atoms with Crippen molar-refractivity contribution in [3.05, 3.63) is 16.5 Å². The zero-order chi connectivity index (χ0) is 12.0. The molecule has 0 radical (unpaired) electrons. The van der Waals surface area contributed by atoms with Gasteiger partial charge in [-0.1, -0.05) is 11.6 Å². The summed E-state index contributed by atoms with van der Waals surface area (Å²) < 4.78 is 0. The van der Waals surface area contributed by atoms with Crippen molar-refractivity contribution in [2.75, 3.05) is 5.32 Å². The Morgan fingerprint density at radius 1 is 1.29 bits per heavy atom. The molecular weight excluding hydrogens is 234 g/mol. The molecule has 2 fully saturated rings. The predicted octanol–water partition coefficient (Wildman–Crippen LogP) is 3.67. The summed E-state index contributed by atoms with van der Waals surface area (Å²) in [5.41, 5.74) is 1.19. The lowest BCUT2D eigenvalue weighted by molar-refractivity contribution is 0.305. The van der Waals surface area contributed by atoms with E-state index in [1.54, 1.807) is 0 Å². The van der Waals surface area contributed by atoms with E-state index >= 15 is 0 Å². The molecule has 3 rings (SSSR count). The minimum absolute atomic E-state index is 0.212. The van der Waals surface area contributed by atoms with Gasteiger partial charge in [-0.15, -0.1) is 0 Å². The Balaban J connectivity index is 1.90. The molecule has 0 unspecified atom stereocenters. The number of halogens is 1. The van der Waals surface area contributed by atoms with Crippen molar-refractivity contribution in [3.63, 3.8) is 0 Å². The van der Waals surface area contributed by atoms with E-state index in [-0.39, 0.29) is 5.54 Å². The molecule has 0 aromatic carbocycles. The van der Waals surface area contributed by atoms with Crippen LogP contribution in [0.1, 0.15) is 56.3 Å². The van der Waals surface area contributed by atoms with Gasteiger partial charge in [0.2, 0.25) is 0 Å². The van der Waals surface area contributed by atoms with Crippen LogP contribution in [-0.4, -0.2) is 15.5 Å². The van der Waals surface area contributed by atoms with Crippen LogP contribution in [-0.2, 0) is 0 Å². The number of hydrogen-bond donors (Lipinski definition) is 1. The van der Waals surface area contributed by atoms with Crippen molar-refractivity contribution in [2.45, 2.75) is 57.4 Å². The molecule has 1 N–H and O–H groups in total. The monoisotopic (exact) mass is 251 g/mol. The normalized spacial score (nSPS) is 22.1. The summed E-state index contributed by atoms with van der Waals surface area (Å²) in [4.78, 5) is 9.04. The van der Waals surface area contributed by atoms with Gasteiger partial charge in [0.25, 0.3) is 0 Å². The van der Waals surface area contributed by atoms with Crippen molar-refractivity contribution in [2.24, 2.45) is 0 Å². The summed E-state index contributed by atoms with van der Waals surface area (Å²) in [5.74, 6) is 2.41. The fourth-order valence-electron chi connectivity index (χ4n) is 2.27. The Morgan fingerprint density at radius 2 is 2.00 bits per heavy atom. The lowest BCUT2D eigenvalue weighted by Crippen LogP contribution is -2.42.